The molecule has 348 valence electrons. The highest BCUT2D eigenvalue weighted by molar-refractivity contribution is 6.32. The van der Waals surface area contributed by atoms with Gasteiger partial charge >= 0.3 is 0 Å². The Morgan fingerprint density at radius 3 is 1.39 bits per heavy atom. The highest BCUT2D eigenvalue weighted by Crippen LogP contribution is 2.30. The summed E-state index contributed by atoms with van der Waals surface area (Å²) >= 11 is 30.6. The summed E-state index contributed by atoms with van der Waals surface area (Å²) in [4.78, 5) is 78.6. The molecular weight excluding hydrogens is 970 g/mol. The van der Waals surface area contributed by atoms with E-state index in [0.29, 0.717) is 28.4 Å². The quantitative estimate of drug-likeness (QED) is 0.0333. The Morgan fingerprint density at radius 1 is 0.537 bits per heavy atom. The number of hydrogen-bond donors (Lipinski definition) is 4. The van der Waals surface area contributed by atoms with Crippen LogP contribution < -0.4 is 30.7 Å². The predicted molar refractivity (Wildman–Crippen MR) is 260 cm³/mol. The number of halogens is 5. The molecule has 2 unspecified atom stereocenters. The molecule has 0 fully saturated rings. The van der Waals surface area contributed by atoms with Crippen molar-refractivity contribution in [2.75, 3.05) is 41.4 Å². The van der Waals surface area contributed by atoms with Crippen molar-refractivity contribution in [3.05, 3.63) is 129 Å². The molecule has 0 aliphatic heterocycles. The molecule has 0 bridgehead atoms. The number of anilines is 4. The predicted octanol–water partition coefficient (Wildman–Crippen LogP) is 11.1. The van der Waals surface area contributed by atoms with Gasteiger partial charge in [0.1, 0.15) is 11.5 Å². The first-order valence-electron chi connectivity index (χ1n) is 19.9. The molecule has 4 N–H and O–H groups in total. The molecule has 0 saturated heterocycles. The zero-order valence-corrected chi connectivity index (χ0v) is 39.9. The molecule has 0 spiro atoms. The maximum absolute atomic E-state index is 13.5. The van der Waals surface area contributed by atoms with Crippen molar-refractivity contribution in [3.8, 4) is 11.5 Å². The van der Waals surface area contributed by atoms with Gasteiger partial charge in [-0.05, 0) is 92.6 Å². The highest BCUT2D eigenvalue weighted by atomic mass is 35.5. The van der Waals surface area contributed by atoms with Gasteiger partial charge in [0.25, 0.3) is 23.6 Å². The monoisotopic (exact) mass is 1010 g/mol. The third-order valence-corrected chi connectivity index (χ3v) is 10.7. The minimum absolute atomic E-state index is 0.0883. The Hall–Kier alpha value is -6.43. The standard InChI is InChI=1S/C46H41Cl5N8O8/c1-24(60)41(58-56-36-16-29(13-31(50)18-36)43(62)52-34-7-5-27(22-48)39(20-34)66-3)45(64)54-33-9-10-38(26(15-33)11-12-47)55-46(65)42(25(2)61)59-57-37-17-30(14-32(51)19-37)44(63)53-35-8-6-28(23-49)40(21-35)67-4/h5-10,13-21,41-42H,11-12,22-23H2,1-4H3,(H,52,62)(H,53,63)(H,54,64)(H,55,65). The fraction of sp³-hybridized carbons (Fsp3) is 0.217. The number of Topliss-reactive ketones (excluding diaryl/α,β-unsaturated/α-hetero) is 2. The first-order chi connectivity index (χ1) is 32.0. The fourth-order valence-corrected chi connectivity index (χ4v) is 7.30. The summed E-state index contributed by atoms with van der Waals surface area (Å²) < 4.78 is 10.7. The van der Waals surface area contributed by atoms with E-state index in [9.17, 15) is 28.8 Å². The normalized spacial score (nSPS) is 12.0. The third-order valence-electron chi connectivity index (χ3n) is 9.51. The van der Waals surface area contributed by atoms with Crippen LogP contribution in [0.3, 0.4) is 0 Å². The number of aryl methyl sites for hydroxylation is 1. The molecule has 0 heterocycles. The Labute approximate surface area is 409 Å². The van der Waals surface area contributed by atoms with Crippen molar-refractivity contribution in [2.45, 2.75) is 44.1 Å². The maximum atomic E-state index is 13.5. The molecular formula is C46H41Cl5N8O8. The molecule has 0 aromatic heterocycles. The van der Waals surface area contributed by atoms with Crippen LogP contribution in [0.4, 0.5) is 34.1 Å². The van der Waals surface area contributed by atoms with Crippen LogP contribution >= 0.6 is 58.0 Å². The van der Waals surface area contributed by atoms with Gasteiger partial charge in [0.05, 0.1) is 37.4 Å². The first-order valence-corrected chi connectivity index (χ1v) is 22.2. The summed E-state index contributed by atoms with van der Waals surface area (Å²) in [7, 11) is 2.97. The van der Waals surface area contributed by atoms with Gasteiger partial charge in [-0.15, -0.1) is 34.8 Å². The van der Waals surface area contributed by atoms with E-state index < -0.39 is 47.3 Å². The van der Waals surface area contributed by atoms with Crippen LogP contribution in [0.5, 0.6) is 11.5 Å². The lowest BCUT2D eigenvalue weighted by Crippen LogP contribution is -2.32. The number of ketones is 2. The van der Waals surface area contributed by atoms with Crippen LogP contribution in [-0.4, -0.2) is 67.4 Å². The number of carbonyl (C=O) groups excluding carboxylic acids is 6. The number of alkyl halides is 3. The van der Waals surface area contributed by atoms with Gasteiger partial charge in [0, 0.05) is 73.1 Å². The Bertz CT molecular complexity index is 2770. The number of rotatable bonds is 20. The zero-order chi connectivity index (χ0) is 48.8. The summed E-state index contributed by atoms with van der Waals surface area (Å²) in [6, 6.07) is 19.6. The molecule has 21 heteroatoms. The van der Waals surface area contributed by atoms with Gasteiger partial charge in [0.15, 0.2) is 11.6 Å². The van der Waals surface area contributed by atoms with Crippen molar-refractivity contribution >= 4 is 127 Å². The SMILES string of the molecule is COc1cc(NC(=O)c2cc(Cl)cc(N=NC(C(C)=O)C(=O)Nc3ccc(NC(=O)C(N=Nc4cc(Cl)cc(C(=O)Nc5ccc(CCl)c(OC)c5)c4)C(C)=O)c(CCCl)c3)c2)ccc1CCl. The summed E-state index contributed by atoms with van der Waals surface area (Å²) in [6.07, 6.45) is 0.205. The van der Waals surface area contributed by atoms with Crippen LogP contribution in [0.1, 0.15) is 51.3 Å². The lowest BCUT2D eigenvalue weighted by Gasteiger charge is -2.15. The van der Waals surface area contributed by atoms with E-state index in [1.54, 1.807) is 36.4 Å². The second kappa shape index (κ2) is 24.4. The lowest BCUT2D eigenvalue weighted by atomic mass is 10.1. The number of nitrogens with one attached hydrogen (secondary N) is 4. The molecule has 67 heavy (non-hydrogen) atoms. The van der Waals surface area contributed by atoms with Crippen LogP contribution in [-0.2, 0) is 37.4 Å². The van der Waals surface area contributed by atoms with E-state index in [2.05, 4.69) is 41.7 Å². The van der Waals surface area contributed by atoms with Gasteiger partial charge in [-0.1, -0.05) is 35.3 Å². The first kappa shape index (κ1) is 51.6. The van der Waals surface area contributed by atoms with Crippen LogP contribution in [0.25, 0.3) is 0 Å². The van der Waals surface area contributed by atoms with E-state index >= 15 is 0 Å². The lowest BCUT2D eigenvalue weighted by molar-refractivity contribution is -0.127. The largest absolute Gasteiger partial charge is 0.496 e. The molecule has 5 rings (SSSR count). The van der Waals surface area contributed by atoms with Gasteiger partial charge in [-0.25, -0.2) is 0 Å². The number of ether oxygens (including phenoxy) is 2. The van der Waals surface area contributed by atoms with E-state index in [-0.39, 0.29) is 68.0 Å². The Balaban J connectivity index is 1.27. The Kier molecular flexibility index (Phi) is 18.8. The zero-order valence-electron chi connectivity index (χ0n) is 36.1. The van der Waals surface area contributed by atoms with Crippen LogP contribution in [0.2, 0.25) is 10.0 Å². The number of methoxy groups -OCH3 is 2. The van der Waals surface area contributed by atoms with Gasteiger partial charge in [0.2, 0.25) is 12.1 Å². The minimum Gasteiger partial charge on any atom is -0.496 e. The average molecular weight is 1010 g/mol. The molecule has 2 atom stereocenters. The molecule has 0 aliphatic carbocycles. The summed E-state index contributed by atoms with van der Waals surface area (Å²) in [6.45, 7) is 2.32. The number of nitrogens with zero attached hydrogens (tertiary/aromatic N) is 4. The second-order valence-electron chi connectivity index (χ2n) is 14.4. The smallest absolute Gasteiger partial charge is 0.258 e. The molecule has 4 amide bonds. The van der Waals surface area contributed by atoms with Crippen molar-refractivity contribution < 1.29 is 38.2 Å². The topological polar surface area (TPSA) is 218 Å². The molecule has 5 aromatic carbocycles. The van der Waals surface area contributed by atoms with Crippen molar-refractivity contribution in [3.63, 3.8) is 0 Å². The van der Waals surface area contributed by atoms with E-state index in [4.69, 9.17) is 67.5 Å². The van der Waals surface area contributed by atoms with E-state index in [0.717, 1.165) is 25.0 Å². The molecule has 0 saturated carbocycles. The number of benzene rings is 5. The maximum Gasteiger partial charge on any atom is 0.258 e. The van der Waals surface area contributed by atoms with Crippen LogP contribution in [0, 0.1) is 0 Å². The second-order valence-corrected chi connectivity index (χ2v) is 16.2. The molecule has 16 nitrogen and oxygen atoms in total. The molecule has 0 radical (unpaired) electrons. The number of hydrogen-bond acceptors (Lipinski definition) is 12. The average Bonchev–Trinajstić information content (AvgIpc) is 3.29. The van der Waals surface area contributed by atoms with Gasteiger partial charge in [-0.3, -0.25) is 28.8 Å². The minimum atomic E-state index is -1.61. The highest BCUT2D eigenvalue weighted by Gasteiger charge is 2.26. The van der Waals surface area contributed by atoms with Crippen molar-refractivity contribution in [2.24, 2.45) is 20.5 Å². The number of azo groups is 2. The summed E-state index contributed by atoms with van der Waals surface area (Å²) in [5, 5.41) is 27.2. The van der Waals surface area contributed by atoms with E-state index in [1.807, 2.05) is 0 Å². The number of carbonyl (C=O) groups is 6. The molecule has 0 aliphatic rings. The van der Waals surface area contributed by atoms with E-state index in [1.165, 1.54) is 68.8 Å². The van der Waals surface area contributed by atoms with Crippen molar-refractivity contribution in [1.29, 1.82) is 0 Å². The summed E-state index contributed by atoms with van der Waals surface area (Å²) in [5.41, 5.74) is 3.67. The molecule has 5 aromatic rings. The van der Waals surface area contributed by atoms with Gasteiger partial charge in [-0.2, -0.15) is 20.5 Å². The Morgan fingerprint density at radius 2 is 0.970 bits per heavy atom. The number of amides is 4. The van der Waals surface area contributed by atoms with Crippen molar-refractivity contribution in [1.82, 2.24) is 0 Å². The fourth-order valence-electron chi connectivity index (χ4n) is 6.20. The third kappa shape index (κ3) is 14.3. The van der Waals surface area contributed by atoms with Crippen LogP contribution in [0.15, 0.2) is 111 Å². The van der Waals surface area contributed by atoms with Gasteiger partial charge < -0.3 is 30.7 Å². The summed E-state index contributed by atoms with van der Waals surface area (Å²) in [5.74, 6) is -2.51.